The molecular formula is C13H12F2N2OS. The van der Waals surface area contributed by atoms with Gasteiger partial charge >= 0.3 is 0 Å². The van der Waals surface area contributed by atoms with Gasteiger partial charge in [0.1, 0.15) is 11.1 Å². The number of ether oxygens (including phenoxy) is 1. The van der Waals surface area contributed by atoms with E-state index in [-0.39, 0.29) is 6.10 Å². The predicted molar refractivity (Wildman–Crippen MR) is 69.0 cm³/mol. The normalized spacial score (nSPS) is 19.6. The van der Waals surface area contributed by atoms with E-state index in [1.807, 2.05) is 5.38 Å². The summed E-state index contributed by atoms with van der Waals surface area (Å²) in [6.07, 6.45) is -0.0576. The van der Waals surface area contributed by atoms with Crippen molar-refractivity contribution in [3.05, 3.63) is 40.2 Å². The molecule has 6 heteroatoms. The summed E-state index contributed by atoms with van der Waals surface area (Å²) in [4.78, 5) is 4.44. The Morgan fingerprint density at radius 2 is 2.21 bits per heavy atom. The van der Waals surface area contributed by atoms with Crippen LogP contribution in [0.15, 0.2) is 23.6 Å². The first-order chi connectivity index (χ1) is 9.24. The number of nitrogens with zero attached hydrogens (tertiary/aromatic N) is 1. The minimum Gasteiger partial charge on any atom is -0.368 e. The number of hydrogen-bond acceptors (Lipinski definition) is 4. The smallest absolute Gasteiger partial charge is 0.159 e. The van der Waals surface area contributed by atoms with Gasteiger partial charge in [-0.05, 0) is 18.2 Å². The summed E-state index contributed by atoms with van der Waals surface area (Å²) in [5, 5.41) is 5.92. The molecule has 3 rings (SSSR count). The van der Waals surface area contributed by atoms with Crippen molar-refractivity contribution in [3.63, 3.8) is 0 Å². The number of thiazole rings is 1. The van der Waals surface area contributed by atoms with Gasteiger partial charge in [-0.15, -0.1) is 11.3 Å². The first-order valence-electron chi connectivity index (χ1n) is 5.97. The van der Waals surface area contributed by atoms with Gasteiger partial charge < -0.3 is 10.1 Å². The van der Waals surface area contributed by atoms with Gasteiger partial charge in [0, 0.05) is 24.0 Å². The molecule has 100 valence electrons. The molecule has 1 aliphatic heterocycles. The molecule has 19 heavy (non-hydrogen) atoms. The average molecular weight is 282 g/mol. The van der Waals surface area contributed by atoms with Crippen molar-refractivity contribution >= 4 is 11.3 Å². The highest BCUT2D eigenvalue weighted by molar-refractivity contribution is 7.10. The number of nitrogens with one attached hydrogen (secondary N) is 1. The van der Waals surface area contributed by atoms with E-state index >= 15 is 0 Å². The summed E-state index contributed by atoms with van der Waals surface area (Å²) in [6.45, 7) is 2.23. The highest BCUT2D eigenvalue weighted by atomic mass is 32.1. The van der Waals surface area contributed by atoms with Gasteiger partial charge in [-0.2, -0.15) is 0 Å². The Morgan fingerprint density at radius 1 is 1.32 bits per heavy atom. The van der Waals surface area contributed by atoms with Crippen molar-refractivity contribution < 1.29 is 13.5 Å². The van der Waals surface area contributed by atoms with E-state index in [1.54, 1.807) is 0 Å². The first-order valence-corrected chi connectivity index (χ1v) is 6.85. The molecule has 1 aromatic heterocycles. The number of hydrogen-bond donors (Lipinski definition) is 1. The lowest BCUT2D eigenvalue weighted by atomic mass is 10.1. The lowest BCUT2D eigenvalue weighted by Crippen LogP contribution is -2.33. The fraction of sp³-hybridized carbons (Fsp3) is 0.308. The molecular weight excluding hydrogens is 270 g/mol. The number of halogens is 2. The summed E-state index contributed by atoms with van der Waals surface area (Å²) < 4.78 is 31.7. The monoisotopic (exact) mass is 282 g/mol. The van der Waals surface area contributed by atoms with Crippen LogP contribution in [-0.2, 0) is 4.74 Å². The number of morpholine rings is 1. The maximum atomic E-state index is 13.2. The van der Waals surface area contributed by atoms with Gasteiger partial charge in [-0.3, -0.25) is 0 Å². The van der Waals surface area contributed by atoms with Gasteiger partial charge in [-0.25, -0.2) is 13.8 Å². The lowest BCUT2D eigenvalue weighted by Gasteiger charge is -2.21. The fourth-order valence-electron chi connectivity index (χ4n) is 1.95. The second-order valence-corrected chi connectivity index (χ2v) is 5.15. The highest BCUT2D eigenvalue weighted by Gasteiger charge is 2.19. The minimum absolute atomic E-state index is 0.0576. The Bertz CT molecular complexity index is 582. The zero-order valence-electron chi connectivity index (χ0n) is 10.0. The van der Waals surface area contributed by atoms with Crippen LogP contribution in [0, 0.1) is 11.6 Å². The van der Waals surface area contributed by atoms with Crippen LogP contribution in [0.25, 0.3) is 11.3 Å². The molecule has 0 bridgehead atoms. The van der Waals surface area contributed by atoms with Gasteiger partial charge in [-0.1, -0.05) is 0 Å². The Labute approximate surface area is 113 Å². The molecule has 1 aliphatic rings. The molecule has 1 fully saturated rings. The first kappa shape index (κ1) is 12.7. The van der Waals surface area contributed by atoms with Crippen molar-refractivity contribution in [1.29, 1.82) is 0 Å². The predicted octanol–water partition coefficient (Wildman–Crippen LogP) is 2.75. The van der Waals surface area contributed by atoms with Crippen LogP contribution < -0.4 is 5.32 Å². The molecule has 1 N–H and O–H groups in total. The SMILES string of the molecule is Fc1ccc(-c2csc(C3CNCCO3)n2)cc1F. The van der Waals surface area contributed by atoms with E-state index in [4.69, 9.17) is 4.74 Å². The topological polar surface area (TPSA) is 34.1 Å². The van der Waals surface area contributed by atoms with Crippen molar-refractivity contribution in [1.82, 2.24) is 10.3 Å². The van der Waals surface area contributed by atoms with Crippen molar-refractivity contribution in [2.24, 2.45) is 0 Å². The molecule has 1 atom stereocenters. The molecule has 0 amide bonds. The van der Waals surface area contributed by atoms with Crippen molar-refractivity contribution in [2.45, 2.75) is 6.10 Å². The average Bonchev–Trinajstić information content (AvgIpc) is 2.93. The van der Waals surface area contributed by atoms with E-state index in [0.717, 1.165) is 30.2 Å². The minimum atomic E-state index is -0.859. The van der Waals surface area contributed by atoms with Crippen molar-refractivity contribution in [2.75, 3.05) is 19.7 Å². The molecule has 3 nitrogen and oxygen atoms in total. The maximum Gasteiger partial charge on any atom is 0.159 e. The van der Waals surface area contributed by atoms with E-state index in [9.17, 15) is 8.78 Å². The van der Waals surface area contributed by atoms with Crippen LogP contribution in [0.5, 0.6) is 0 Å². The molecule has 1 unspecified atom stereocenters. The third kappa shape index (κ3) is 2.65. The molecule has 1 saturated heterocycles. The van der Waals surface area contributed by atoms with E-state index in [2.05, 4.69) is 10.3 Å². The van der Waals surface area contributed by atoms with Crippen LogP contribution in [0.1, 0.15) is 11.1 Å². The quantitative estimate of drug-likeness (QED) is 0.919. The molecule has 0 radical (unpaired) electrons. The Kier molecular flexibility index (Phi) is 3.54. The Hall–Kier alpha value is -1.37. The van der Waals surface area contributed by atoms with E-state index in [0.29, 0.717) is 17.9 Å². The van der Waals surface area contributed by atoms with Gasteiger partial charge in [0.2, 0.25) is 0 Å². The highest BCUT2D eigenvalue weighted by Crippen LogP contribution is 2.28. The second-order valence-electron chi connectivity index (χ2n) is 4.26. The van der Waals surface area contributed by atoms with Gasteiger partial charge in [0.25, 0.3) is 0 Å². The van der Waals surface area contributed by atoms with Gasteiger partial charge in [0.15, 0.2) is 11.6 Å². The summed E-state index contributed by atoms with van der Waals surface area (Å²) in [5.74, 6) is -1.71. The molecule has 0 spiro atoms. The summed E-state index contributed by atoms with van der Waals surface area (Å²) in [7, 11) is 0. The largest absolute Gasteiger partial charge is 0.368 e. The number of rotatable bonds is 2. The zero-order valence-corrected chi connectivity index (χ0v) is 10.8. The third-order valence-corrected chi connectivity index (χ3v) is 3.88. The molecule has 0 aliphatic carbocycles. The molecule has 0 saturated carbocycles. The Balaban J connectivity index is 1.85. The van der Waals surface area contributed by atoms with Crippen LogP contribution in [0.3, 0.4) is 0 Å². The van der Waals surface area contributed by atoms with E-state index < -0.39 is 11.6 Å². The summed E-state index contributed by atoms with van der Waals surface area (Å²) in [5.41, 5.74) is 1.22. The third-order valence-electron chi connectivity index (χ3n) is 2.94. The summed E-state index contributed by atoms with van der Waals surface area (Å²) >= 11 is 1.47. The van der Waals surface area contributed by atoms with Crippen LogP contribution in [0.4, 0.5) is 8.78 Å². The second kappa shape index (κ2) is 5.32. The van der Waals surface area contributed by atoms with E-state index in [1.165, 1.54) is 17.4 Å². The maximum absolute atomic E-state index is 13.2. The van der Waals surface area contributed by atoms with Gasteiger partial charge in [0.05, 0.1) is 12.3 Å². The molecule has 2 heterocycles. The molecule has 2 aromatic rings. The van der Waals surface area contributed by atoms with Crippen molar-refractivity contribution in [3.8, 4) is 11.3 Å². The molecule has 1 aromatic carbocycles. The standard InChI is InChI=1S/C13H12F2N2OS/c14-9-2-1-8(5-10(9)15)11-7-19-13(17-11)12-6-16-3-4-18-12/h1-2,5,7,12,16H,3-4,6H2. The lowest BCUT2D eigenvalue weighted by molar-refractivity contribution is 0.0276. The number of benzene rings is 1. The Morgan fingerprint density at radius 3 is 2.95 bits per heavy atom. The summed E-state index contributed by atoms with van der Waals surface area (Å²) in [6, 6.07) is 3.80. The zero-order chi connectivity index (χ0) is 13.2. The van der Waals surface area contributed by atoms with Crippen LogP contribution in [0.2, 0.25) is 0 Å². The number of aromatic nitrogens is 1. The van der Waals surface area contributed by atoms with Crippen LogP contribution >= 0.6 is 11.3 Å². The fourth-order valence-corrected chi connectivity index (χ4v) is 2.82. The van der Waals surface area contributed by atoms with Crippen LogP contribution in [-0.4, -0.2) is 24.7 Å².